The average molecular weight is 338 g/mol. The standard InChI is InChI=1S/C16H15N6OP/c1-24(2,23)14-9-18-15-16(19-14)22(21-20-15)10-11-5-6-13-12(8-11)4-3-7-17-13/h3-9H,10H2,1-2H3. The van der Waals surface area contributed by atoms with Gasteiger partial charge >= 0.3 is 0 Å². The fourth-order valence-corrected chi connectivity index (χ4v) is 3.18. The van der Waals surface area contributed by atoms with Crippen LogP contribution in [0.1, 0.15) is 5.56 Å². The van der Waals surface area contributed by atoms with Crippen LogP contribution in [0.4, 0.5) is 0 Å². The minimum absolute atomic E-state index is 0.453. The van der Waals surface area contributed by atoms with Gasteiger partial charge in [-0.3, -0.25) is 4.98 Å². The second-order valence-corrected chi connectivity index (χ2v) is 9.16. The van der Waals surface area contributed by atoms with Crippen molar-refractivity contribution in [3.8, 4) is 0 Å². The molecule has 0 spiro atoms. The summed E-state index contributed by atoms with van der Waals surface area (Å²) < 4.78 is 13.9. The summed E-state index contributed by atoms with van der Waals surface area (Å²) in [5, 5.41) is 9.24. The largest absolute Gasteiger partial charge is 0.318 e. The lowest BCUT2D eigenvalue weighted by atomic mass is 10.1. The molecule has 0 unspecified atom stereocenters. The first kappa shape index (κ1) is 14.9. The second kappa shape index (κ2) is 5.46. The SMILES string of the molecule is CP(C)(=O)c1cnc2nnn(Cc3ccc4ncccc4c3)c2n1. The smallest absolute Gasteiger partial charge is 0.221 e. The first-order valence-electron chi connectivity index (χ1n) is 7.46. The lowest BCUT2D eigenvalue weighted by Gasteiger charge is -2.06. The van der Waals surface area contributed by atoms with Crippen molar-refractivity contribution in [2.45, 2.75) is 6.54 Å². The minimum atomic E-state index is -2.48. The molecule has 0 aliphatic carbocycles. The van der Waals surface area contributed by atoms with Crippen LogP contribution in [0.25, 0.3) is 22.2 Å². The molecule has 0 bridgehead atoms. The van der Waals surface area contributed by atoms with Crippen LogP contribution in [-0.2, 0) is 11.1 Å². The van der Waals surface area contributed by atoms with Crippen molar-refractivity contribution in [1.29, 1.82) is 0 Å². The Morgan fingerprint density at radius 2 is 2.04 bits per heavy atom. The Bertz CT molecular complexity index is 1100. The van der Waals surface area contributed by atoms with Gasteiger partial charge in [0.25, 0.3) is 0 Å². The van der Waals surface area contributed by atoms with Gasteiger partial charge in [-0.15, -0.1) is 5.10 Å². The monoisotopic (exact) mass is 338 g/mol. The van der Waals surface area contributed by atoms with Crippen molar-refractivity contribution in [2.24, 2.45) is 0 Å². The van der Waals surface area contributed by atoms with Gasteiger partial charge in [0.05, 0.1) is 18.3 Å². The van der Waals surface area contributed by atoms with E-state index in [0.717, 1.165) is 16.5 Å². The molecule has 4 aromatic rings. The zero-order valence-electron chi connectivity index (χ0n) is 13.3. The lowest BCUT2D eigenvalue weighted by molar-refractivity contribution is 0.587. The Morgan fingerprint density at radius 3 is 2.88 bits per heavy atom. The summed E-state index contributed by atoms with van der Waals surface area (Å²) in [6.07, 6.45) is 3.29. The molecule has 3 heterocycles. The quantitative estimate of drug-likeness (QED) is 0.532. The second-order valence-electron chi connectivity index (χ2n) is 6.00. The van der Waals surface area contributed by atoms with Gasteiger partial charge in [0.15, 0.2) is 5.65 Å². The molecule has 0 amide bonds. The molecule has 0 atom stereocenters. The van der Waals surface area contributed by atoms with E-state index in [0.29, 0.717) is 23.3 Å². The molecule has 0 N–H and O–H groups in total. The number of hydrogen-bond acceptors (Lipinski definition) is 6. The van der Waals surface area contributed by atoms with E-state index in [4.69, 9.17) is 0 Å². The van der Waals surface area contributed by atoms with Crippen LogP contribution in [0.3, 0.4) is 0 Å². The third-order valence-electron chi connectivity index (χ3n) is 3.77. The van der Waals surface area contributed by atoms with Gasteiger partial charge in [-0.05, 0) is 37.1 Å². The molecule has 0 saturated carbocycles. The van der Waals surface area contributed by atoms with E-state index in [-0.39, 0.29) is 0 Å². The number of rotatable bonds is 3. The van der Waals surface area contributed by atoms with Gasteiger partial charge < -0.3 is 4.57 Å². The van der Waals surface area contributed by atoms with Crippen LogP contribution in [0.5, 0.6) is 0 Å². The molecule has 0 fully saturated rings. The van der Waals surface area contributed by atoms with E-state index in [1.807, 2.05) is 24.3 Å². The van der Waals surface area contributed by atoms with Crippen molar-refractivity contribution in [2.75, 3.05) is 13.3 Å². The average Bonchev–Trinajstić information content (AvgIpc) is 2.96. The van der Waals surface area contributed by atoms with Crippen molar-refractivity contribution in [3.63, 3.8) is 0 Å². The molecule has 3 aromatic heterocycles. The van der Waals surface area contributed by atoms with Gasteiger partial charge in [0.1, 0.15) is 12.6 Å². The number of aromatic nitrogens is 6. The summed E-state index contributed by atoms with van der Waals surface area (Å²) in [7, 11) is -2.48. The number of fused-ring (bicyclic) bond motifs is 2. The Morgan fingerprint density at radius 1 is 1.17 bits per heavy atom. The number of pyridine rings is 1. The van der Waals surface area contributed by atoms with Crippen LogP contribution >= 0.6 is 7.14 Å². The van der Waals surface area contributed by atoms with Crippen molar-refractivity contribution in [3.05, 3.63) is 48.3 Å². The van der Waals surface area contributed by atoms with Gasteiger partial charge in [-0.2, -0.15) is 0 Å². The van der Waals surface area contributed by atoms with E-state index in [1.54, 1.807) is 24.2 Å². The Balaban J connectivity index is 1.76. The van der Waals surface area contributed by atoms with Crippen molar-refractivity contribution in [1.82, 2.24) is 29.9 Å². The van der Waals surface area contributed by atoms with Crippen LogP contribution < -0.4 is 5.44 Å². The maximum atomic E-state index is 12.2. The van der Waals surface area contributed by atoms with E-state index in [2.05, 4.69) is 31.3 Å². The van der Waals surface area contributed by atoms with Gasteiger partial charge in [0, 0.05) is 11.6 Å². The maximum absolute atomic E-state index is 12.2. The summed E-state index contributed by atoms with van der Waals surface area (Å²) >= 11 is 0. The minimum Gasteiger partial charge on any atom is -0.318 e. The van der Waals surface area contributed by atoms with Gasteiger partial charge in [-0.1, -0.05) is 17.3 Å². The third-order valence-corrected chi connectivity index (χ3v) is 5.09. The molecule has 0 saturated heterocycles. The van der Waals surface area contributed by atoms with Gasteiger partial charge in [-0.25, -0.2) is 14.6 Å². The normalized spacial score (nSPS) is 12.1. The molecule has 24 heavy (non-hydrogen) atoms. The highest BCUT2D eigenvalue weighted by Gasteiger charge is 2.17. The first-order valence-corrected chi connectivity index (χ1v) is 10.1. The summed E-state index contributed by atoms with van der Waals surface area (Å²) in [5.74, 6) is 0. The molecule has 1 aromatic carbocycles. The molecule has 7 nitrogen and oxygen atoms in total. The molecular formula is C16H15N6OP. The fraction of sp³-hybridized carbons (Fsp3) is 0.188. The highest BCUT2D eigenvalue weighted by Crippen LogP contribution is 2.33. The summed E-state index contributed by atoms with van der Waals surface area (Å²) in [5.41, 5.74) is 3.49. The van der Waals surface area contributed by atoms with Crippen LogP contribution in [-0.4, -0.2) is 43.3 Å². The maximum Gasteiger partial charge on any atom is 0.221 e. The molecule has 8 heteroatoms. The van der Waals surface area contributed by atoms with E-state index in [1.165, 1.54) is 6.20 Å². The zero-order valence-corrected chi connectivity index (χ0v) is 14.2. The predicted molar refractivity (Wildman–Crippen MR) is 93.1 cm³/mol. The highest BCUT2D eigenvalue weighted by atomic mass is 31.2. The Hall–Kier alpha value is -2.66. The van der Waals surface area contributed by atoms with Crippen LogP contribution in [0, 0.1) is 0 Å². The third kappa shape index (κ3) is 2.67. The van der Waals surface area contributed by atoms with E-state index in [9.17, 15) is 4.57 Å². The van der Waals surface area contributed by atoms with Crippen molar-refractivity contribution < 1.29 is 4.57 Å². The molecule has 4 rings (SSSR count). The van der Waals surface area contributed by atoms with E-state index < -0.39 is 7.14 Å². The van der Waals surface area contributed by atoms with Crippen molar-refractivity contribution >= 4 is 34.8 Å². The molecule has 0 aliphatic heterocycles. The van der Waals surface area contributed by atoms with E-state index >= 15 is 0 Å². The summed E-state index contributed by atoms with van der Waals surface area (Å²) in [4.78, 5) is 13.0. The highest BCUT2D eigenvalue weighted by molar-refractivity contribution is 7.69. The lowest BCUT2D eigenvalue weighted by Crippen LogP contribution is -2.12. The number of hydrogen-bond donors (Lipinski definition) is 0. The molecule has 0 radical (unpaired) electrons. The number of nitrogens with zero attached hydrogens (tertiary/aromatic N) is 6. The molecule has 120 valence electrons. The Kier molecular flexibility index (Phi) is 3.39. The number of benzene rings is 1. The summed E-state index contributed by atoms with van der Waals surface area (Å²) in [6, 6.07) is 9.98. The van der Waals surface area contributed by atoms with Crippen LogP contribution in [0.15, 0.2) is 42.7 Å². The topological polar surface area (TPSA) is 86.5 Å². The molecule has 0 aliphatic rings. The summed E-state index contributed by atoms with van der Waals surface area (Å²) in [6.45, 7) is 3.86. The van der Waals surface area contributed by atoms with Crippen LogP contribution in [0.2, 0.25) is 0 Å². The molecular weight excluding hydrogens is 323 g/mol. The zero-order chi connectivity index (χ0) is 16.7. The Labute approximate surface area is 138 Å². The first-order chi connectivity index (χ1) is 11.5. The predicted octanol–water partition coefficient (Wildman–Crippen LogP) is 2.07. The van der Waals surface area contributed by atoms with Gasteiger partial charge in [0.2, 0.25) is 5.65 Å². The fourth-order valence-electron chi connectivity index (χ4n) is 2.51.